The van der Waals surface area contributed by atoms with Gasteiger partial charge in [-0.05, 0) is 61.0 Å². The predicted octanol–water partition coefficient (Wildman–Crippen LogP) is 7.11. The molecule has 3 rings (SSSR count). The second-order valence-electron chi connectivity index (χ2n) is 9.49. The summed E-state index contributed by atoms with van der Waals surface area (Å²) in [7, 11) is 1.56. The molecule has 0 aliphatic carbocycles. The first kappa shape index (κ1) is 29.2. The number of nitrogens with two attached hydrogens (primary N) is 1. The maximum Gasteiger partial charge on any atom is 0.310 e. The van der Waals surface area contributed by atoms with Crippen molar-refractivity contribution in [1.82, 2.24) is 0 Å². The molecule has 0 saturated carbocycles. The normalized spacial score (nSPS) is 11.1. The van der Waals surface area contributed by atoms with Crippen molar-refractivity contribution in [3.63, 3.8) is 0 Å². The highest BCUT2D eigenvalue weighted by Crippen LogP contribution is 2.38. The summed E-state index contributed by atoms with van der Waals surface area (Å²) in [6.07, 6.45) is 0.125. The van der Waals surface area contributed by atoms with Crippen LogP contribution < -0.4 is 20.5 Å². The third kappa shape index (κ3) is 8.33. The van der Waals surface area contributed by atoms with E-state index in [9.17, 15) is 9.59 Å². The van der Waals surface area contributed by atoms with E-state index in [-0.39, 0.29) is 28.1 Å². The fraction of sp³-hybridized carbons (Fsp3) is 0.310. The van der Waals surface area contributed by atoms with Crippen molar-refractivity contribution < 1.29 is 23.8 Å². The van der Waals surface area contributed by atoms with Crippen LogP contribution in [0.15, 0.2) is 54.6 Å². The van der Waals surface area contributed by atoms with E-state index < -0.39 is 0 Å². The third-order valence-corrected chi connectivity index (χ3v) is 6.95. The standard InChI is InChI=1S/C29H33ClN2O5S/c1-6-36-27(33)14-18-7-11-25(35-5)26(13-18)37-24-12-9-21(15-19(24)17-38-29(2,3)4)32-28(34)22-10-8-20(31)16-23(22)30/h7-13,15-16H,6,14,17,31H2,1-5H3,(H,32,34). The molecule has 3 N–H and O–H groups in total. The van der Waals surface area contributed by atoms with Crippen LogP contribution in [0, 0.1) is 0 Å². The van der Waals surface area contributed by atoms with E-state index in [0.717, 1.165) is 11.1 Å². The van der Waals surface area contributed by atoms with Gasteiger partial charge in [-0.1, -0.05) is 38.4 Å². The number of benzene rings is 3. The van der Waals surface area contributed by atoms with E-state index in [1.54, 1.807) is 74.3 Å². The van der Waals surface area contributed by atoms with Crippen LogP contribution in [0.3, 0.4) is 0 Å². The lowest BCUT2D eigenvalue weighted by Gasteiger charge is -2.20. The number of esters is 1. The Morgan fingerprint density at radius 2 is 1.74 bits per heavy atom. The molecule has 38 heavy (non-hydrogen) atoms. The number of anilines is 2. The molecule has 1 amide bonds. The number of methoxy groups -OCH3 is 1. The average Bonchev–Trinajstić information content (AvgIpc) is 2.83. The molecule has 0 fully saturated rings. The Morgan fingerprint density at radius 3 is 2.39 bits per heavy atom. The molecule has 0 atom stereocenters. The van der Waals surface area contributed by atoms with E-state index >= 15 is 0 Å². The average molecular weight is 557 g/mol. The Bertz CT molecular complexity index is 1310. The lowest BCUT2D eigenvalue weighted by Crippen LogP contribution is -2.13. The van der Waals surface area contributed by atoms with Gasteiger partial charge in [0.25, 0.3) is 5.91 Å². The van der Waals surface area contributed by atoms with Crippen LogP contribution >= 0.6 is 23.4 Å². The molecule has 0 radical (unpaired) electrons. The van der Waals surface area contributed by atoms with Crippen LogP contribution in [0.25, 0.3) is 0 Å². The molecule has 0 bridgehead atoms. The summed E-state index contributed by atoms with van der Waals surface area (Å²) >= 11 is 7.97. The number of amides is 1. The molecule has 0 aromatic heterocycles. The summed E-state index contributed by atoms with van der Waals surface area (Å²) in [5.74, 6) is 1.59. The zero-order chi connectivity index (χ0) is 27.9. The number of nitrogen functional groups attached to an aromatic ring is 1. The number of rotatable bonds is 10. The topological polar surface area (TPSA) is 99.9 Å². The molecule has 202 valence electrons. The Morgan fingerprint density at radius 1 is 1.00 bits per heavy atom. The van der Waals surface area contributed by atoms with Gasteiger partial charge in [-0.15, -0.1) is 0 Å². The van der Waals surface area contributed by atoms with Gasteiger partial charge in [0.1, 0.15) is 5.75 Å². The number of halogens is 1. The van der Waals surface area contributed by atoms with Crippen LogP contribution in [-0.2, 0) is 21.7 Å². The van der Waals surface area contributed by atoms with Crippen LogP contribution in [0.2, 0.25) is 5.02 Å². The second kappa shape index (κ2) is 12.9. The monoisotopic (exact) mass is 556 g/mol. The van der Waals surface area contributed by atoms with Gasteiger partial charge in [-0.3, -0.25) is 9.59 Å². The van der Waals surface area contributed by atoms with Crippen molar-refractivity contribution in [2.45, 2.75) is 44.6 Å². The summed E-state index contributed by atoms with van der Waals surface area (Å²) < 4.78 is 16.9. The van der Waals surface area contributed by atoms with Gasteiger partial charge < -0.3 is 25.3 Å². The Hall–Kier alpha value is -3.36. The lowest BCUT2D eigenvalue weighted by molar-refractivity contribution is -0.142. The number of nitrogens with one attached hydrogen (secondary N) is 1. The van der Waals surface area contributed by atoms with Crippen LogP contribution in [0.4, 0.5) is 11.4 Å². The van der Waals surface area contributed by atoms with Crippen molar-refractivity contribution in [1.29, 1.82) is 0 Å². The Kier molecular flexibility index (Phi) is 9.94. The SMILES string of the molecule is CCOC(=O)Cc1ccc(OC)c(Oc2ccc(NC(=O)c3ccc(N)cc3Cl)cc2CSC(C)(C)C)c1. The maximum atomic E-state index is 12.9. The first-order valence-electron chi connectivity index (χ1n) is 12.1. The summed E-state index contributed by atoms with van der Waals surface area (Å²) in [6, 6.07) is 15.6. The number of hydrogen-bond acceptors (Lipinski definition) is 7. The van der Waals surface area contributed by atoms with Crippen LogP contribution in [-0.4, -0.2) is 30.3 Å². The fourth-order valence-corrected chi connectivity index (χ4v) is 4.57. The Balaban J connectivity index is 1.91. The summed E-state index contributed by atoms with van der Waals surface area (Å²) in [6.45, 7) is 8.49. The van der Waals surface area contributed by atoms with Gasteiger partial charge in [0.05, 0.1) is 30.7 Å². The van der Waals surface area contributed by atoms with E-state index in [2.05, 4.69) is 26.1 Å². The fourth-order valence-electron chi connectivity index (χ4n) is 3.49. The summed E-state index contributed by atoms with van der Waals surface area (Å²) in [4.78, 5) is 24.9. The minimum Gasteiger partial charge on any atom is -0.493 e. The highest BCUT2D eigenvalue weighted by Gasteiger charge is 2.18. The van der Waals surface area contributed by atoms with E-state index in [4.69, 9.17) is 31.5 Å². The lowest BCUT2D eigenvalue weighted by atomic mass is 10.1. The van der Waals surface area contributed by atoms with Crippen molar-refractivity contribution in [2.75, 3.05) is 24.8 Å². The Labute approximate surface area is 233 Å². The smallest absolute Gasteiger partial charge is 0.310 e. The van der Waals surface area contributed by atoms with Gasteiger partial charge >= 0.3 is 5.97 Å². The number of carbonyl (C=O) groups excluding carboxylic acids is 2. The van der Waals surface area contributed by atoms with E-state index in [1.807, 2.05) is 6.07 Å². The first-order valence-corrected chi connectivity index (χ1v) is 13.5. The molecule has 3 aromatic carbocycles. The molecule has 0 aliphatic heterocycles. The van der Waals surface area contributed by atoms with Crippen molar-refractivity contribution in [3.8, 4) is 17.2 Å². The summed E-state index contributed by atoms with van der Waals surface area (Å²) in [5.41, 5.74) is 8.79. The molecular weight excluding hydrogens is 524 g/mol. The number of thioether (sulfide) groups is 1. The first-order chi connectivity index (χ1) is 18.0. The zero-order valence-corrected chi connectivity index (χ0v) is 23.8. The van der Waals surface area contributed by atoms with Crippen LogP contribution in [0.1, 0.15) is 49.2 Å². The zero-order valence-electron chi connectivity index (χ0n) is 22.2. The van der Waals surface area contributed by atoms with Gasteiger partial charge in [0.15, 0.2) is 11.5 Å². The highest BCUT2D eigenvalue weighted by atomic mass is 35.5. The van der Waals surface area contributed by atoms with E-state index in [0.29, 0.717) is 46.5 Å². The van der Waals surface area contributed by atoms with Crippen molar-refractivity contribution >= 4 is 46.6 Å². The van der Waals surface area contributed by atoms with E-state index in [1.165, 1.54) is 0 Å². The number of carbonyl (C=O) groups is 2. The largest absolute Gasteiger partial charge is 0.493 e. The van der Waals surface area contributed by atoms with Crippen molar-refractivity contribution in [2.24, 2.45) is 0 Å². The predicted molar refractivity (Wildman–Crippen MR) is 155 cm³/mol. The van der Waals surface area contributed by atoms with Gasteiger partial charge in [-0.25, -0.2) is 0 Å². The second-order valence-corrected chi connectivity index (χ2v) is 11.7. The highest BCUT2D eigenvalue weighted by molar-refractivity contribution is 7.99. The van der Waals surface area contributed by atoms with Gasteiger partial charge in [0.2, 0.25) is 0 Å². The number of ether oxygens (including phenoxy) is 3. The van der Waals surface area contributed by atoms with Crippen LogP contribution in [0.5, 0.6) is 17.2 Å². The number of hydrogen-bond donors (Lipinski definition) is 2. The van der Waals surface area contributed by atoms with Gasteiger partial charge in [0, 0.05) is 27.4 Å². The molecule has 0 aliphatic rings. The summed E-state index contributed by atoms with van der Waals surface area (Å²) in [5, 5.41) is 3.19. The van der Waals surface area contributed by atoms with Crippen molar-refractivity contribution in [3.05, 3.63) is 76.3 Å². The molecule has 9 heteroatoms. The molecule has 0 spiro atoms. The molecule has 7 nitrogen and oxygen atoms in total. The minimum atomic E-state index is -0.341. The molecule has 0 saturated heterocycles. The third-order valence-electron chi connectivity index (χ3n) is 5.32. The maximum absolute atomic E-state index is 12.9. The van der Waals surface area contributed by atoms with Gasteiger partial charge in [-0.2, -0.15) is 11.8 Å². The quantitative estimate of drug-likeness (QED) is 0.203. The molecule has 0 heterocycles. The minimum absolute atomic E-state index is 0.00522. The molecule has 3 aromatic rings. The molecular formula is C29H33ClN2O5S. The molecule has 0 unspecified atom stereocenters.